The van der Waals surface area contributed by atoms with Gasteiger partial charge in [0.1, 0.15) is 0 Å². The first kappa shape index (κ1) is 13.9. The van der Waals surface area contributed by atoms with Gasteiger partial charge in [-0.1, -0.05) is 25.7 Å². The molecule has 1 rings (SSSR count). The minimum Gasteiger partial charge on any atom is -0.390 e. The van der Waals surface area contributed by atoms with Crippen LogP contribution in [0.15, 0.2) is 0 Å². The Kier molecular flexibility index (Phi) is 6.32. The number of ether oxygens (including phenoxy) is 1. The van der Waals surface area contributed by atoms with Crippen molar-refractivity contribution in [2.75, 3.05) is 26.8 Å². The van der Waals surface area contributed by atoms with Crippen molar-refractivity contribution >= 4 is 0 Å². The standard InChI is InChI=1S/C13H27NO2/c1-13(15,7-8-14-9-10-16-2)11-12-5-3-4-6-12/h12,14-15H,3-11H2,1-2H3. The van der Waals surface area contributed by atoms with Gasteiger partial charge in [-0.25, -0.2) is 0 Å². The molecule has 1 aliphatic rings. The fourth-order valence-corrected chi connectivity index (χ4v) is 2.60. The Hall–Kier alpha value is -0.120. The fraction of sp³-hybridized carbons (Fsp3) is 1.00. The summed E-state index contributed by atoms with van der Waals surface area (Å²) in [6, 6.07) is 0. The molecule has 96 valence electrons. The molecule has 0 aromatic heterocycles. The molecular weight excluding hydrogens is 202 g/mol. The maximum absolute atomic E-state index is 10.3. The summed E-state index contributed by atoms with van der Waals surface area (Å²) in [6.07, 6.45) is 7.15. The molecule has 0 aromatic rings. The molecule has 1 unspecified atom stereocenters. The third kappa shape index (κ3) is 5.83. The highest BCUT2D eigenvalue weighted by Crippen LogP contribution is 2.32. The largest absolute Gasteiger partial charge is 0.390 e. The van der Waals surface area contributed by atoms with Crippen LogP contribution in [0.5, 0.6) is 0 Å². The maximum atomic E-state index is 10.3. The van der Waals surface area contributed by atoms with Gasteiger partial charge in [0.15, 0.2) is 0 Å². The summed E-state index contributed by atoms with van der Waals surface area (Å²) >= 11 is 0. The van der Waals surface area contributed by atoms with Crippen molar-refractivity contribution in [2.45, 2.75) is 51.0 Å². The van der Waals surface area contributed by atoms with Gasteiger partial charge in [-0.3, -0.25) is 0 Å². The lowest BCUT2D eigenvalue weighted by Gasteiger charge is -2.26. The van der Waals surface area contributed by atoms with Crippen molar-refractivity contribution < 1.29 is 9.84 Å². The monoisotopic (exact) mass is 229 g/mol. The van der Waals surface area contributed by atoms with E-state index in [4.69, 9.17) is 4.74 Å². The molecule has 1 aliphatic carbocycles. The van der Waals surface area contributed by atoms with Gasteiger partial charge >= 0.3 is 0 Å². The number of hydrogen-bond acceptors (Lipinski definition) is 3. The predicted molar refractivity (Wildman–Crippen MR) is 66.6 cm³/mol. The second-order valence-electron chi connectivity index (χ2n) is 5.34. The second-order valence-corrected chi connectivity index (χ2v) is 5.34. The van der Waals surface area contributed by atoms with E-state index in [-0.39, 0.29) is 0 Å². The van der Waals surface area contributed by atoms with Gasteiger partial charge in [-0.15, -0.1) is 0 Å². The Morgan fingerprint density at radius 1 is 1.31 bits per heavy atom. The zero-order valence-electron chi connectivity index (χ0n) is 10.8. The number of hydrogen-bond donors (Lipinski definition) is 2. The molecule has 1 fully saturated rings. The zero-order chi connectivity index (χ0) is 11.9. The minimum absolute atomic E-state index is 0.491. The van der Waals surface area contributed by atoms with Crippen molar-refractivity contribution in [3.8, 4) is 0 Å². The van der Waals surface area contributed by atoms with Crippen LogP contribution >= 0.6 is 0 Å². The van der Waals surface area contributed by atoms with Crippen LogP contribution in [0.1, 0.15) is 45.4 Å². The SMILES string of the molecule is COCCNCCC(C)(O)CC1CCCC1. The quantitative estimate of drug-likeness (QED) is 0.625. The van der Waals surface area contributed by atoms with Crippen LogP contribution in [0.2, 0.25) is 0 Å². The number of nitrogens with one attached hydrogen (secondary N) is 1. The number of aliphatic hydroxyl groups is 1. The average Bonchev–Trinajstić information content (AvgIpc) is 2.69. The van der Waals surface area contributed by atoms with E-state index >= 15 is 0 Å². The van der Waals surface area contributed by atoms with Crippen molar-refractivity contribution in [3.05, 3.63) is 0 Å². The van der Waals surface area contributed by atoms with Crippen molar-refractivity contribution in [2.24, 2.45) is 5.92 Å². The number of methoxy groups -OCH3 is 1. The van der Waals surface area contributed by atoms with Crippen LogP contribution in [0.4, 0.5) is 0 Å². The van der Waals surface area contributed by atoms with E-state index in [1.165, 1.54) is 25.7 Å². The number of rotatable bonds is 8. The third-order valence-corrected chi connectivity index (χ3v) is 3.53. The molecule has 1 saturated carbocycles. The average molecular weight is 229 g/mol. The summed E-state index contributed by atoms with van der Waals surface area (Å²) in [5.74, 6) is 0.758. The highest BCUT2D eigenvalue weighted by molar-refractivity contribution is 4.80. The van der Waals surface area contributed by atoms with E-state index < -0.39 is 5.60 Å². The molecule has 0 amide bonds. The summed E-state index contributed by atoms with van der Waals surface area (Å²) < 4.78 is 4.96. The lowest BCUT2D eigenvalue weighted by Crippen LogP contribution is -2.32. The van der Waals surface area contributed by atoms with Crippen molar-refractivity contribution in [1.82, 2.24) is 5.32 Å². The van der Waals surface area contributed by atoms with Crippen molar-refractivity contribution in [1.29, 1.82) is 0 Å². The molecule has 0 spiro atoms. The lowest BCUT2D eigenvalue weighted by molar-refractivity contribution is 0.0261. The highest BCUT2D eigenvalue weighted by atomic mass is 16.5. The Bertz CT molecular complexity index is 177. The van der Waals surface area contributed by atoms with E-state index in [1.54, 1.807) is 7.11 Å². The Morgan fingerprint density at radius 3 is 2.62 bits per heavy atom. The first-order valence-corrected chi connectivity index (χ1v) is 6.56. The Labute approximate surface area is 99.6 Å². The third-order valence-electron chi connectivity index (χ3n) is 3.53. The normalized spacial score (nSPS) is 21.2. The maximum Gasteiger partial charge on any atom is 0.0634 e. The summed E-state index contributed by atoms with van der Waals surface area (Å²) in [4.78, 5) is 0. The molecule has 0 heterocycles. The molecule has 0 aliphatic heterocycles. The predicted octanol–water partition coefficient (Wildman–Crippen LogP) is 1.94. The fourth-order valence-electron chi connectivity index (χ4n) is 2.60. The molecule has 2 N–H and O–H groups in total. The summed E-state index contributed by atoms with van der Waals surface area (Å²) in [7, 11) is 1.71. The summed E-state index contributed by atoms with van der Waals surface area (Å²) in [5.41, 5.74) is -0.491. The topological polar surface area (TPSA) is 41.5 Å². The van der Waals surface area contributed by atoms with Crippen LogP contribution in [-0.2, 0) is 4.74 Å². The summed E-state index contributed by atoms with van der Waals surface area (Å²) in [5, 5.41) is 13.5. The van der Waals surface area contributed by atoms with Crippen LogP contribution in [-0.4, -0.2) is 37.5 Å². The first-order valence-electron chi connectivity index (χ1n) is 6.56. The second kappa shape index (κ2) is 7.25. The summed E-state index contributed by atoms with van der Waals surface area (Å²) in [6.45, 7) is 4.47. The van der Waals surface area contributed by atoms with Gasteiger partial charge < -0.3 is 15.2 Å². The zero-order valence-corrected chi connectivity index (χ0v) is 10.8. The highest BCUT2D eigenvalue weighted by Gasteiger charge is 2.26. The molecule has 0 bridgehead atoms. The van der Waals surface area contributed by atoms with Gasteiger partial charge in [0, 0.05) is 13.7 Å². The minimum atomic E-state index is -0.491. The molecule has 16 heavy (non-hydrogen) atoms. The van der Waals surface area contributed by atoms with Crippen LogP contribution < -0.4 is 5.32 Å². The Balaban J connectivity index is 2.07. The van der Waals surface area contributed by atoms with E-state index in [0.717, 1.165) is 38.5 Å². The van der Waals surface area contributed by atoms with Gasteiger partial charge in [0.25, 0.3) is 0 Å². The van der Waals surface area contributed by atoms with Gasteiger partial charge in [-0.05, 0) is 32.2 Å². The van der Waals surface area contributed by atoms with E-state index in [2.05, 4.69) is 5.32 Å². The van der Waals surface area contributed by atoms with Crippen LogP contribution in [0.3, 0.4) is 0 Å². The molecule has 0 radical (unpaired) electrons. The van der Waals surface area contributed by atoms with E-state index in [0.29, 0.717) is 0 Å². The van der Waals surface area contributed by atoms with E-state index in [1.807, 2.05) is 6.92 Å². The van der Waals surface area contributed by atoms with Crippen LogP contribution in [0, 0.1) is 5.92 Å². The van der Waals surface area contributed by atoms with Crippen molar-refractivity contribution in [3.63, 3.8) is 0 Å². The molecule has 0 aromatic carbocycles. The van der Waals surface area contributed by atoms with Gasteiger partial charge in [-0.2, -0.15) is 0 Å². The molecule has 0 saturated heterocycles. The molecule has 3 nitrogen and oxygen atoms in total. The molecule has 1 atom stereocenters. The molecular formula is C13H27NO2. The first-order chi connectivity index (χ1) is 7.64. The lowest BCUT2D eigenvalue weighted by atomic mass is 9.88. The molecule has 3 heteroatoms. The van der Waals surface area contributed by atoms with Gasteiger partial charge in [0.2, 0.25) is 0 Å². The van der Waals surface area contributed by atoms with E-state index in [9.17, 15) is 5.11 Å². The Morgan fingerprint density at radius 2 is 2.00 bits per heavy atom. The smallest absolute Gasteiger partial charge is 0.0634 e. The van der Waals surface area contributed by atoms with Gasteiger partial charge in [0.05, 0.1) is 12.2 Å². The van der Waals surface area contributed by atoms with Crippen LogP contribution in [0.25, 0.3) is 0 Å².